The van der Waals surface area contributed by atoms with E-state index in [1.807, 2.05) is 43.4 Å². The summed E-state index contributed by atoms with van der Waals surface area (Å²) in [6, 6.07) is 9.34. The average molecular weight is 346 g/mol. The van der Waals surface area contributed by atoms with Crippen LogP contribution in [0.1, 0.15) is 28.7 Å². The van der Waals surface area contributed by atoms with Gasteiger partial charge >= 0.3 is 0 Å². The Morgan fingerprint density at radius 3 is 2.77 bits per heavy atom. The van der Waals surface area contributed by atoms with Gasteiger partial charge in [0, 0.05) is 29.6 Å². The fourth-order valence-corrected chi connectivity index (χ4v) is 3.08. The summed E-state index contributed by atoms with van der Waals surface area (Å²) in [5.41, 5.74) is 5.40. The van der Waals surface area contributed by atoms with Crippen molar-refractivity contribution in [1.82, 2.24) is 29.9 Å². The molecule has 0 spiro atoms. The second-order valence-corrected chi connectivity index (χ2v) is 6.08. The van der Waals surface area contributed by atoms with Crippen molar-refractivity contribution in [1.29, 1.82) is 0 Å². The molecule has 4 aromatic rings. The molecule has 4 rings (SSSR count). The van der Waals surface area contributed by atoms with E-state index in [2.05, 4.69) is 25.5 Å². The van der Waals surface area contributed by atoms with Crippen LogP contribution in [0, 0.1) is 13.8 Å². The number of aryl methyl sites for hydroxylation is 2. The molecule has 1 N–H and O–H groups in total. The molecule has 3 aromatic heterocycles. The Hall–Kier alpha value is -3.35. The van der Waals surface area contributed by atoms with Crippen molar-refractivity contribution < 1.29 is 4.79 Å². The van der Waals surface area contributed by atoms with Gasteiger partial charge in [0.1, 0.15) is 0 Å². The Balaban J connectivity index is 2.01. The van der Waals surface area contributed by atoms with Gasteiger partial charge in [0.15, 0.2) is 11.5 Å². The van der Waals surface area contributed by atoms with Crippen molar-refractivity contribution >= 4 is 22.6 Å². The quantitative estimate of drug-likeness (QED) is 0.616. The Morgan fingerprint density at radius 1 is 1.15 bits per heavy atom. The molecular formula is C19H18N6O. The van der Waals surface area contributed by atoms with E-state index in [-0.39, 0.29) is 5.91 Å². The van der Waals surface area contributed by atoms with E-state index < -0.39 is 0 Å². The van der Waals surface area contributed by atoms with Gasteiger partial charge in [0.05, 0.1) is 16.7 Å². The third-order valence-corrected chi connectivity index (χ3v) is 4.34. The minimum atomic E-state index is -0.110. The molecule has 1 aromatic carbocycles. The molecule has 26 heavy (non-hydrogen) atoms. The summed E-state index contributed by atoms with van der Waals surface area (Å²) in [6.07, 6.45) is 1.76. The van der Waals surface area contributed by atoms with E-state index in [4.69, 9.17) is 0 Å². The van der Waals surface area contributed by atoms with Crippen molar-refractivity contribution in [2.75, 3.05) is 6.54 Å². The summed E-state index contributed by atoms with van der Waals surface area (Å²) in [7, 11) is 0. The summed E-state index contributed by atoms with van der Waals surface area (Å²) < 4.78 is 1.98. The number of fused-ring (bicyclic) bond motifs is 3. The number of amides is 1. The van der Waals surface area contributed by atoms with Gasteiger partial charge in [-0.15, -0.1) is 10.2 Å². The zero-order chi connectivity index (χ0) is 18.3. The van der Waals surface area contributed by atoms with Crippen LogP contribution in [0.15, 0.2) is 36.5 Å². The SMILES string of the molecule is CCNC(=O)c1ccc2c(c1)nc(C)c1nnc(-c3cccnc3C)n12. The fraction of sp³-hybridized carbons (Fsp3) is 0.211. The molecule has 1 amide bonds. The number of carbonyl (C=O) groups excluding carboxylic acids is 1. The summed E-state index contributed by atoms with van der Waals surface area (Å²) in [5.74, 6) is 0.605. The molecule has 0 bridgehead atoms. The molecule has 3 heterocycles. The van der Waals surface area contributed by atoms with Gasteiger partial charge in [0.25, 0.3) is 5.91 Å². The lowest BCUT2D eigenvalue weighted by molar-refractivity contribution is 0.0956. The maximum absolute atomic E-state index is 12.1. The Morgan fingerprint density at radius 2 is 2.00 bits per heavy atom. The number of benzene rings is 1. The number of rotatable bonds is 3. The lowest BCUT2D eigenvalue weighted by Gasteiger charge is -2.09. The summed E-state index contributed by atoms with van der Waals surface area (Å²) >= 11 is 0. The zero-order valence-electron chi connectivity index (χ0n) is 14.8. The molecule has 0 unspecified atom stereocenters. The summed E-state index contributed by atoms with van der Waals surface area (Å²) in [6.45, 7) is 6.31. The van der Waals surface area contributed by atoms with Gasteiger partial charge in [0.2, 0.25) is 0 Å². The monoisotopic (exact) mass is 346 g/mol. The highest BCUT2D eigenvalue weighted by Crippen LogP contribution is 2.26. The Kier molecular flexibility index (Phi) is 3.84. The summed E-state index contributed by atoms with van der Waals surface area (Å²) in [4.78, 5) is 21.1. The van der Waals surface area contributed by atoms with Crippen molar-refractivity contribution in [2.24, 2.45) is 0 Å². The van der Waals surface area contributed by atoms with Crippen molar-refractivity contribution in [3.8, 4) is 11.4 Å². The molecule has 0 aliphatic rings. The van der Waals surface area contributed by atoms with Crippen LogP contribution in [-0.4, -0.2) is 37.0 Å². The zero-order valence-corrected chi connectivity index (χ0v) is 14.8. The molecule has 0 saturated carbocycles. The first-order chi connectivity index (χ1) is 12.6. The number of pyridine rings is 1. The predicted molar refractivity (Wildman–Crippen MR) is 99.0 cm³/mol. The smallest absolute Gasteiger partial charge is 0.251 e. The van der Waals surface area contributed by atoms with Gasteiger partial charge < -0.3 is 5.32 Å². The number of nitrogens with zero attached hydrogens (tertiary/aromatic N) is 5. The summed E-state index contributed by atoms with van der Waals surface area (Å²) in [5, 5.41) is 11.5. The molecular weight excluding hydrogens is 328 g/mol. The number of carbonyl (C=O) groups is 1. The topological polar surface area (TPSA) is 85.1 Å². The molecule has 0 aliphatic carbocycles. The predicted octanol–water partition coefficient (Wildman–Crippen LogP) is 2.71. The number of nitrogens with one attached hydrogen (secondary N) is 1. The van der Waals surface area contributed by atoms with Gasteiger partial charge in [-0.25, -0.2) is 4.98 Å². The minimum Gasteiger partial charge on any atom is -0.352 e. The van der Waals surface area contributed by atoms with Crippen LogP contribution in [0.25, 0.3) is 28.1 Å². The highest BCUT2D eigenvalue weighted by molar-refractivity contribution is 5.97. The van der Waals surface area contributed by atoms with E-state index >= 15 is 0 Å². The van der Waals surface area contributed by atoms with Gasteiger partial charge in [-0.2, -0.15) is 0 Å². The molecule has 0 saturated heterocycles. The molecule has 7 heteroatoms. The molecule has 0 aliphatic heterocycles. The lowest BCUT2D eigenvalue weighted by atomic mass is 10.1. The third-order valence-electron chi connectivity index (χ3n) is 4.34. The maximum atomic E-state index is 12.1. The van der Waals surface area contributed by atoms with Crippen LogP contribution in [-0.2, 0) is 0 Å². The second kappa shape index (κ2) is 6.18. The maximum Gasteiger partial charge on any atom is 0.251 e. The first-order valence-electron chi connectivity index (χ1n) is 8.46. The fourth-order valence-electron chi connectivity index (χ4n) is 3.08. The first-order valence-corrected chi connectivity index (χ1v) is 8.46. The van der Waals surface area contributed by atoms with Crippen LogP contribution in [0.3, 0.4) is 0 Å². The Labute approximate surface area is 150 Å². The largest absolute Gasteiger partial charge is 0.352 e. The van der Waals surface area contributed by atoms with E-state index in [1.165, 1.54) is 0 Å². The van der Waals surface area contributed by atoms with Crippen LogP contribution in [0.5, 0.6) is 0 Å². The standard InChI is InChI=1S/C19H18N6O/c1-4-20-19(26)13-7-8-16-15(10-13)22-12(3)17-23-24-18(25(16)17)14-6-5-9-21-11(14)2/h5-10H,4H2,1-3H3,(H,20,26). The highest BCUT2D eigenvalue weighted by atomic mass is 16.1. The molecule has 130 valence electrons. The third kappa shape index (κ3) is 2.48. The number of hydrogen-bond donors (Lipinski definition) is 1. The normalized spacial score (nSPS) is 11.2. The van der Waals surface area contributed by atoms with Crippen LogP contribution in [0.2, 0.25) is 0 Å². The van der Waals surface area contributed by atoms with E-state index in [9.17, 15) is 4.79 Å². The van der Waals surface area contributed by atoms with E-state index in [0.717, 1.165) is 28.0 Å². The average Bonchev–Trinajstić information content (AvgIpc) is 3.07. The van der Waals surface area contributed by atoms with Gasteiger partial charge in [-0.3, -0.25) is 14.2 Å². The van der Waals surface area contributed by atoms with Crippen molar-refractivity contribution in [2.45, 2.75) is 20.8 Å². The second-order valence-electron chi connectivity index (χ2n) is 6.08. The molecule has 7 nitrogen and oxygen atoms in total. The first kappa shape index (κ1) is 16.1. The number of hydrogen-bond acceptors (Lipinski definition) is 5. The molecule has 0 radical (unpaired) electrons. The molecule has 0 fully saturated rings. The lowest BCUT2D eigenvalue weighted by Crippen LogP contribution is -2.22. The van der Waals surface area contributed by atoms with Gasteiger partial charge in [-0.05, 0) is 51.1 Å². The van der Waals surface area contributed by atoms with Crippen LogP contribution in [0.4, 0.5) is 0 Å². The van der Waals surface area contributed by atoms with Gasteiger partial charge in [-0.1, -0.05) is 0 Å². The van der Waals surface area contributed by atoms with E-state index in [1.54, 1.807) is 18.3 Å². The molecule has 0 atom stereocenters. The van der Waals surface area contributed by atoms with Crippen molar-refractivity contribution in [3.63, 3.8) is 0 Å². The number of aromatic nitrogens is 5. The Bertz CT molecular complexity index is 1150. The minimum absolute atomic E-state index is 0.110. The van der Waals surface area contributed by atoms with Crippen molar-refractivity contribution in [3.05, 3.63) is 53.5 Å². The van der Waals surface area contributed by atoms with Crippen LogP contribution >= 0.6 is 0 Å². The van der Waals surface area contributed by atoms with E-state index in [0.29, 0.717) is 23.6 Å². The highest BCUT2D eigenvalue weighted by Gasteiger charge is 2.17. The van der Waals surface area contributed by atoms with Crippen LogP contribution < -0.4 is 5.32 Å².